The molecular weight excluding hydrogens is 300 g/mol. The number of nitrogens with one attached hydrogen (secondary N) is 1. The molecule has 2 aromatic carbocycles. The van der Waals surface area contributed by atoms with Gasteiger partial charge in [0.2, 0.25) is 0 Å². The van der Waals surface area contributed by atoms with Gasteiger partial charge in [-0.05, 0) is 44.0 Å². The first-order chi connectivity index (χ1) is 10.1. The van der Waals surface area contributed by atoms with Gasteiger partial charge in [-0.2, -0.15) is 8.42 Å². The maximum Gasteiger partial charge on any atom is 0.294 e. The fourth-order valence-electron chi connectivity index (χ4n) is 1.75. The Bertz CT molecular complexity index is 766. The van der Waals surface area contributed by atoms with Gasteiger partial charge < -0.3 is 5.73 Å². The molecule has 2 aromatic rings. The lowest BCUT2D eigenvalue weighted by molar-refractivity contribution is 0.483. The van der Waals surface area contributed by atoms with Gasteiger partial charge in [0.05, 0.1) is 4.90 Å². The first-order valence-corrected chi connectivity index (χ1v) is 8.01. The molecule has 0 unspecified atom stereocenters. The lowest BCUT2D eigenvalue weighted by atomic mass is 10.0. The molecule has 0 heterocycles. The van der Waals surface area contributed by atoms with E-state index in [1.807, 2.05) is 39.0 Å². The van der Waals surface area contributed by atoms with Crippen molar-refractivity contribution in [1.29, 1.82) is 5.41 Å². The summed E-state index contributed by atoms with van der Waals surface area (Å²) >= 11 is 0. The van der Waals surface area contributed by atoms with Gasteiger partial charge in [0.1, 0.15) is 5.84 Å². The quantitative estimate of drug-likeness (QED) is 0.449. The van der Waals surface area contributed by atoms with Crippen LogP contribution in [0.15, 0.2) is 47.4 Å². The summed E-state index contributed by atoms with van der Waals surface area (Å²) in [6, 6.07) is 11.8. The third-order valence-electron chi connectivity index (χ3n) is 3.21. The van der Waals surface area contributed by atoms with Crippen molar-refractivity contribution in [1.82, 2.24) is 0 Å². The van der Waals surface area contributed by atoms with Crippen molar-refractivity contribution >= 4 is 16.0 Å². The third-order valence-corrected chi connectivity index (χ3v) is 4.08. The third kappa shape index (κ3) is 4.98. The Labute approximate surface area is 131 Å². The molecule has 0 bridgehead atoms. The van der Waals surface area contributed by atoms with Gasteiger partial charge in [-0.1, -0.05) is 35.9 Å². The molecule has 0 radical (unpaired) electrons. The Morgan fingerprint density at radius 2 is 1.59 bits per heavy atom. The second kappa shape index (κ2) is 7.20. The van der Waals surface area contributed by atoms with Crippen molar-refractivity contribution in [2.45, 2.75) is 25.7 Å². The molecule has 0 spiro atoms. The zero-order chi connectivity index (χ0) is 16.9. The molecule has 2 rings (SSSR count). The predicted molar refractivity (Wildman–Crippen MR) is 87.9 cm³/mol. The van der Waals surface area contributed by atoms with E-state index in [4.69, 9.17) is 15.7 Å². The normalized spacial score (nSPS) is 10.5. The van der Waals surface area contributed by atoms with Crippen LogP contribution in [0.4, 0.5) is 0 Å². The second-order valence-electron chi connectivity index (χ2n) is 4.95. The molecule has 4 N–H and O–H groups in total. The van der Waals surface area contributed by atoms with E-state index in [-0.39, 0.29) is 10.7 Å². The standard InChI is InChI=1S/C9H12N2.C7H8O3S/c1-6-4-3-5-8(7(6)2)9(10)11;1-6-2-4-7(5-3-6)11(8,9)10/h3-5H,1-2H3,(H3,10,11);2-5H,1H3,(H,8,9,10). The van der Waals surface area contributed by atoms with Gasteiger partial charge in [0.25, 0.3) is 10.1 Å². The largest absolute Gasteiger partial charge is 0.384 e. The van der Waals surface area contributed by atoms with Gasteiger partial charge in [-0.25, -0.2) is 0 Å². The lowest BCUT2D eigenvalue weighted by Crippen LogP contribution is -2.12. The number of nitrogen functional groups attached to an aromatic ring is 1. The molecule has 0 fully saturated rings. The van der Waals surface area contributed by atoms with Crippen molar-refractivity contribution in [3.05, 3.63) is 64.7 Å². The molecule has 0 amide bonds. The molecule has 0 aliphatic heterocycles. The van der Waals surface area contributed by atoms with Crippen LogP contribution < -0.4 is 5.73 Å². The monoisotopic (exact) mass is 320 g/mol. The Morgan fingerprint density at radius 3 is 2.00 bits per heavy atom. The molecule has 118 valence electrons. The van der Waals surface area contributed by atoms with E-state index >= 15 is 0 Å². The Balaban J connectivity index is 0.000000220. The van der Waals surface area contributed by atoms with E-state index < -0.39 is 10.1 Å². The van der Waals surface area contributed by atoms with Crippen LogP contribution in [-0.2, 0) is 10.1 Å². The molecule has 0 aliphatic rings. The summed E-state index contributed by atoms with van der Waals surface area (Å²) in [5, 5.41) is 7.25. The van der Waals surface area contributed by atoms with Gasteiger partial charge in [-0.3, -0.25) is 9.96 Å². The number of aryl methyl sites for hydroxylation is 2. The van der Waals surface area contributed by atoms with Crippen LogP contribution in [0.1, 0.15) is 22.3 Å². The summed E-state index contributed by atoms with van der Waals surface area (Å²) in [5.41, 5.74) is 9.44. The van der Waals surface area contributed by atoms with Crippen molar-refractivity contribution in [3.8, 4) is 0 Å². The van der Waals surface area contributed by atoms with E-state index in [1.165, 1.54) is 17.7 Å². The Hall–Kier alpha value is -2.18. The molecule has 0 aromatic heterocycles. The molecule has 0 saturated heterocycles. The number of rotatable bonds is 2. The summed E-state index contributed by atoms with van der Waals surface area (Å²) in [5.74, 6) is 0.145. The van der Waals surface area contributed by atoms with E-state index in [0.717, 1.165) is 16.7 Å². The molecule has 0 aliphatic carbocycles. The molecule has 22 heavy (non-hydrogen) atoms. The van der Waals surface area contributed by atoms with E-state index in [0.29, 0.717) is 0 Å². The van der Waals surface area contributed by atoms with Crippen LogP contribution in [0.25, 0.3) is 0 Å². The summed E-state index contributed by atoms with van der Waals surface area (Å²) in [4.78, 5) is -0.0666. The first kappa shape index (κ1) is 17.9. The number of nitrogens with two attached hydrogens (primary N) is 1. The average Bonchev–Trinajstić information content (AvgIpc) is 2.41. The zero-order valence-corrected chi connectivity index (χ0v) is 13.6. The van der Waals surface area contributed by atoms with Gasteiger partial charge >= 0.3 is 0 Å². The summed E-state index contributed by atoms with van der Waals surface area (Å²) < 4.78 is 29.6. The van der Waals surface area contributed by atoms with Crippen molar-refractivity contribution < 1.29 is 13.0 Å². The van der Waals surface area contributed by atoms with E-state index in [9.17, 15) is 8.42 Å². The van der Waals surface area contributed by atoms with Crippen LogP contribution >= 0.6 is 0 Å². The number of amidine groups is 1. The number of benzene rings is 2. The highest BCUT2D eigenvalue weighted by Crippen LogP contribution is 2.11. The summed E-state index contributed by atoms with van der Waals surface area (Å²) in [6.45, 7) is 5.83. The Kier molecular flexibility index (Phi) is 5.84. The minimum absolute atomic E-state index is 0.0666. The van der Waals surface area contributed by atoms with Gasteiger partial charge in [0.15, 0.2) is 0 Å². The molecule has 0 saturated carbocycles. The highest BCUT2D eigenvalue weighted by molar-refractivity contribution is 7.85. The van der Waals surface area contributed by atoms with Crippen LogP contribution in [0.2, 0.25) is 0 Å². The number of hydrogen-bond acceptors (Lipinski definition) is 3. The minimum Gasteiger partial charge on any atom is -0.384 e. The maximum atomic E-state index is 10.5. The lowest BCUT2D eigenvalue weighted by Gasteiger charge is -2.05. The molecule has 0 atom stereocenters. The van der Waals surface area contributed by atoms with Crippen LogP contribution in [0, 0.1) is 26.2 Å². The minimum atomic E-state index is -4.02. The van der Waals surface area contributed by atoms with E-state index in [1.54, 1.807) is 12.1 Å². The summed E-state index contributed by atoms with van der Waals surface area (Å²) in [7, 11) is -4.02. The first-order valence-electron chi connectivity index (χ1n) is 6.57. The fourth-order valence-corrected chi connectivity index (χ4v) is 2.23. The van der Waals surface area contributed by atoms with Crippen LogP contribution in [0.5, 0.6) is 0 Å². The smallest absolute Gasteiger partial charge is 0.294 e. The number of hydrogen-bond donors (Lipinski definition) is 3. The molecule has 5 nitrogen and oxygen atoms in total. The molecule has 6 heteroatoms. The van der Waals surface area contributed by atoms with Crippen molar-refractivity contribution in [2.75, 3.05) is 0 Å². The predicted octanol–water partition coefficient (Wildman–Crippen LogP) is 2.83. The topological polar surface area (TPSA) is 104 Å². The highest BCUT2D eigenvalue weighted by atomic mass is 32.2. The van der Waals surface area contributed by atoms with Crippen LogP contribution in [-0.4, -0.2) is 18.8 Å². The van der Waals surface area contributed by atoms with Crippen molar-refractivity contribution in [3.63, 3.8) is 0 Å². The second-order valence-corrected chi connectivity index (χ2v) is 6.37. The van der Waals surface area contributed by atoms with Gasteiger partial charge in [0, 0.05) is 5.56 Å². The average molecular weight is 320 g/mol. The van der Waals surface area contributed by atoms with Crippen molar-refractivity contribution in [2.24, 2.45) is 5.73 Å². The fraction of sp³-hybridized carbons (Fsp3) is 0.188. The Morgan fingerprint density at radius 1 is 1.05 bits per heavy atom. The van der Waals surface area contributed by atoms with E-state index in [2.05, 4.69) is 0 Å². The van der Waals surface area contributed by atoms with Crippen LogP contribution in [0.3, 0.4) is 0 Å². The zero-order valence-electron chi connectivity index (χ0n) is 12.8. The highest BCUT2D eigenvalue weighted by Gasteiger charge is 2.06. The summed E-state index contributed by atoms with van der Waals surface area (Å²) in [6.07, 6.45) is 0. The molecular formula is C16H20N2O3S. The van der Waals surface area contributed by atoms with Gasteiger partial charge in [-0.15, -0.1) is 0 Å². The maximum absolute atomic E-state index is 10.5. The SMILES string of the molecule is Cc1ccc(S(=O)(=O)O)cc1.Cc1cccc(C(=N)N)c1C.